The van der Waals surface area contributed by atoms with Crippen molar-refractivity contribution in [2.45, 2.75) is 86.9 Å². The minimum Gasteiger partial charge on any atom is -0.504 e. The molecule has 0 spiro atoms. The molecule has 0 unspecified atom stereocenters. The molecule has 3 fully saturated rings. The summed E-state index contributed by atoms with van der Waals surface area (Å²) in [5.41, 5.74) is 0.871. The van der Waals surface area contributed by atoms with Crippen LogP contribution in [-0.4, -0.2) is 56.1 Å². The first-order valence-electron chi connectivity index (χ1n) is 17.2. The minimum atomic E-state index is -1.34. The zero-order valence-electron chi connectivity index (χ0n) is 27.4. The van der Waals surface area contributed by atoms with E-state index in [2.05, 4.69) is 29.3 Å². The predicted molar refractivity (Wildman–Crippen MR) is 181 cm³/mol. The number of piperidine rings is 1. The number of Topliss-reactive ketones (excluding diaryl/α,β-unsaturated/α-hetero) is 1. The first-order valence-corrected chi connectivity index (χ1v) is 17.2. The zero-order valence-corrected chi connectivity index (χ0v) is 27.4. The molecule has 0 aromatic heterocycles. The second-order valence-corrected chi connectivity index (χ2v) is 14.5. The smallest absolute Gasteiger partial charge is 0.160 e. The monoisotopic (exact) mass is 651 g/mol. The maximum atomic E-state index is 14.4. The molecule has 4 aliphatic rings. The molecule has 1 saturated heterocycles. The number of hydrogen-bond acceptors (Lipinski definition) is 8. The van der Waals surface area contributed by atoms with Crippen LogP contribution in [0.3, 0.4) is 0 Å². The van der Waals surface area contributed by atoms with Gasteiger partial charge in [0, 0.05) is 54.0 Å². The molecule has 2 bridgehead atoms. The van der Waals surface area contributed by atoms with E-state index in [-0.39, 0.29) is 71.5 Å². The third-order valence-electron chi connectivity index (χ3n) is 12.1. The summed E-state index contributed by atoms with van der Waals surface area (Å²) in [5, 5.41) is 58.7. The highest BCUT2D eigenvalue weighted by atomic mass is 16.5. The first kappa shape index (κ1) is 32.5. The van der Waals surface area contributed by atoms with E-state index in [9.17, 15) is 30.3 Å². The van der Waals surface area contributed by atoms with Crippen molar-refractivity contribution in [2.75, 3.05) is 13.7 Å². The van der Waals surface area contributed by atoms with Crippen molar-refractivity contribution >= 4 is 5.78 Å². The lowest BCUT2D eigenvalue weighted by Gasteiger charge is -2.69. The van der Waals surface area contributed by atoms with E-state index in [0.717, 1.165) is 36.8 Å². The number of ether oxygens (including phenoxy) is 1. The van der Waals surface area contributed by atoms with Gasteiger partial charge in [-0.25, -0.2) is 0 Å². The Bertz CT molecular complexity index is 1760. The molecule has 2 saturated carbocycles. The molecule has 8 nitrogen and oxygen atoms in total. The average Bonchev–Trinajstić information content (AvgIpc) is 3.08. The third-order valence-corrected chi connectivity index (χ3v) is 12.1. The maximum Gasteiger partial charge on any atom is 0.160 e. The van der Waals surface area contributed by atoms with E-state index in [4.69, 9.17) is 4.74 Å². The summed E-state index contributed by atoms with van der Waals surface area (Å²) in [6.07, 6.45) is 5.44. The van der Waals surface area contributed by atoms with Crippen molar-refractivity contribution in [3.63, 3.8) is 0 Å². The van der Waals surface area contributed by atoms with Crippen molar-refractivity contribution in [2.24, 2.45) is 17.8 Å². The van der Waals surface area contributed by atoms with Gasteiger partial charge in [-0.2, -0.15) is 0 Å². The number of hydrogen-bond donors (Lipinski definition) is 6. The molecular formula is C40H45NO7. The van der Waals surface area contributed by atoms with Gasteiger partial charge in [-0.3, -0.25) is 4.79 Å². The fourth-order valence-corrected chi connectivity index (χ4v) is 10.1. The van der Waals surface area contributed by atoms with Crippen LogP contribution in [0.25, 0.3) is 0 Å². The van der Waals surface area contributed by atoms with E-state index < -0.39 is 16.9 Å². The number of aromatic hydroxyl groups is 3. The third kappa shape index (κ3) is 5.24. The van der Waals surface area contributed by atoms with Crippen LogP contribution in [-0.2, 0) is 23.2 Å². The Morgan fingerprint density at radius 1 is 0.917 bits per heavy atom. The SMILES string of the molecule is COc1cc([C@H]2CC(=O)C[C@@]3(O)CC[C@]45CCCC[C@@]4(c4ccc(O)c(O)c4)[C@H]3[C@H](C#C[C@@H]2Cc2ccccc2)CN5)c(CO)cc1O. The number of methoxy groups -OCH3 is 1. The number of benzene rings is 3. The lowest BCUT2D eigenvalue weighted by molar-refractivity contribution is -0.175. The number of carbonyl (C=O) groups is 1. The summed E-state index contributed by atoms with van der Waals surface area (Å²) in [5.74, 6) is 5.60. The van der Waals surface area contributed by atoms with Crippen LogP contribution in [0.1, 0.15) is 79.5 Å². The van der Waals surface area contributed by atoms with Crippen molar-refractivity contribution < 1.29 is 35.1 Å². The quantitative estimate of drug-likeness (QED) is 0.158. The molecule has 7 rings (SSSR count). The van der Waals surface area contributed by atoms with Gasteiger partial charge < -0.3 is 35.6 Å². The Hall–Kier alpha value is -4.03. The molecule has 8 heteroatoms. The molecule has 7 atom stereocenters. The van der Waals surface area contributed by atoms with Crippen LogP contribution in [0, 0.1) is 29.6 Å². The second-order valence-electron chi connectivity index (χ2n) is 14.5. The van der Waals surface area contributed by atoms with Gasteiger partial charge in [-0.05, 0) is 78.6 Å². The summed E-state index contributed by atoms with van der Waals surface area (Å²) in [6.45, 7) is 0.239. The number of aliphatic hydroxyl groups excluding tert-OH is 1. The first-order chi connectivity index (χ1) is 23.1. The van der Waals surface area contributed by atoms with E-state index >= 15 is 0 Å². The average molecular weight is 652 g/mol. The van der Waals surface area contributed by atoms with Gasteiger partial charge in [-0.1, -0.05) is 61.1 Å². The van der Waals surface area contributed by atoms with E-state index in [1.807, 2.05) is 24.3 Å². The minimum absolute atomic E-state index is 0.0318. The van der Waals surface area contributed by atoms with Crippen molar-refractivity contribution in [1.82, 2.24) is 5.32 Å². The van der Waals surface area contributed by atoms with Gasteiger partial charge in [0.2, 0.25) is 0 Å². The number of nitrogens with one attached hydrogen (secondary N) is 1. The number of phenols is 3. The fourth-order valence-electron chi connectivity index (χ4n) is 10.1. The second kappa shape index (κ2) is 12.5. The van der Waals surface area contributed by atoms with Crippen LogP contribution >= 0.6 is 0 Å². The van der Waals surface area contributed by atoms with Gasteiger partial charge in [-0.15, -0.1) is 0 Å². The molecular weight excluding hydrogens is 606 g/mol. The highest BCUT2D eigenvalue weighted by Crippen LogP contribution is 2.65. The van der Waals surface area contributed by atoms with Crippen molar-refractivity contribution in [1.29, 1.82) is 0 Å². The van der Waals surface area contributed by atoms with Crippen molar-refractivity contribution in [3.8, 4) is 34.8 Å². The van der Waals surface area contributed by atoms with Crippen LogP contribution in [0.5, 0.6) is 23.0 Å². The number of ketones is 1. The highest BCUT2D eigenvalue weighted by molar-refractivity contribution is 5.81. The van der Waals surface area contributed by atoms with Crippen LogP contribution in [0.15, 0.2) is 60.7 Å². The van der Waals surface area contributed by atoms with Gasteiger partial charge in [0.25, 0.3) is 0 Å². The number of aliphatic hydroxyl groups is 2. The fraction of sp³-hybridized carbons (Fsp3) is 0.475. The van der Waals surface area contributed by atoms with Crippen molar-refractivity contribution in [3.05, 3.63) is 82.9 Å². The Morgan fingerprint density at radius 2 is 1.71 bits per heavy atom. The molecule has 0 amide bonds. The molecule has 0 radical (unpaired) electrons. The van der Waals surface area contributed by atoms with Gasteiger partial charge in [0.1, 0.15) is 5.78 Å². The largest absolute Gasteiger partial charge is 0.504 e. The summed E-state index contributed by atoms with van der Waals surface area (Å²) < 4.78 is 5.47. The molecule has 1 aliphatic heterocycles. The normalized spacial score (nSPS) is 32.8. The Kier molecular flexibility index (Phi) is 8.43. The van der Waals surface area contributed by atoms with Gasteiger partial charge in [0.05, 0.1) is 19.3 Å². The molecule has 3 aliphatic carbocycles. The predicted octanol–water partition coefficient (Wildman–Crippen LogP) is 5.22. The van der Waals surface area contributed by atoms with E-state index in [1.165, 1.54) is 19.2 Å². The summed E-state index contributed by atoms with van der Waals surface area (Å²) in [6, 6.07) is 18.3. The van der Waals surface area contributed by atoms with E-state index in [1.54, 1.807) is 12.1 Å². The lowest BCUT2D eigenvalue weighted by atomic mass is 9.40. The van der Waals surface area contributed by atoms with Crippen LogP contribution in [0.4, 0.5) is 0 Å². The molecule has 1 heterocycles. The molecule has 252 valence electrons. The Morgan fingerprint density at radius 3 is 2.46 bits per heavy atom. The van der Waals surface area contributed by atoms with E-state index in [0.29, 0.717) is 36.9 Å². The lowest BCUT2D eigenvalue weighted by Crippen LogP contribution is -2.77. The summed E-state index contributed by atoms with van der Waals surface area (Å²) in [4.78, 5) is 14.4. The molecule has 6 N–H and O–H groups in total. The standard InChI is InChI=1S/C40H45NO7/c1-48-36-21-32(28(24-42)18-35(36)46)31-20-30(43)22-38(47)15-16-39-13-5-6-14-40(39,29-11-12-33(44)34(45)19-29)37(38)27(23-41-39)10-9-26(31)17-25-7-3-2-4-8-25/h2-4,7-8,11-12,18-19,21,26-27,31,37,41-42,44-47H,5-6,13-17,20,22-24H2,1H3/t26-,27-,31+,37+,38+,39-,40-/m1/s1. The summed E-state index contributed by atoms with van der Waals surface area (Å²) in [7, 11) is 1.47. The molecule has 3 aromatic carbocycles. The molecule has 48 heavy (non-hydrogen) atoms. The molecule has 3 aromatic rings. The van der Waals surface area contributed by atoms with Gasteiger partial charge in [0.15, 0.2) is 23.0 Å². The number of phenolic OH excluding ortho intramolecular Hbond substituents is 3. The Balaban J connectivity index is 1.42. The Labute approximate surface area is 281 Å². The highest BCUT2D eigenvalue weighted by Gasteiger charge is 2.69. The van der Waals surface area contributed by atoms with Gasteiger partial charge >= 0.3 is 0 Å². The maximum absolute atomic E-state index is 14.4. The topological polar surface area (TPSA) is 139 Å². The number of rotatable bonds is 6. The number of carbonyl (C=O) groups excluding carboxylic acids is 1. The summed E-state index contributed by atoms with van der Waals surface area (Å²) >= 11 is 0. The van der Waals surface area contributed by atoms with Crippen LogP contribution < -0.4 is 10.1 Å². The van der Waals surface area contributed by atoms with Crippen LogP contribution in [0.2, 0.25) is 0 Å². The zero-order chi connectivity index (χ0) is 33.7.